The molecule has 10 heteroatoms. The highest BCUT2D eigenvalue weighted by Crippen LogP contribution is 2.35. The van der Waals surface area contributed by atoms with Gasteiger partial charge in [-0.05, 0) is 30.8 Å². The second kappa shape index (κ2) is 6.09. The summed E-state index contributed by atoms with van der Waals surface area (Å²) in [6.07, 6.45) is -5.23. The van der Waals surface area contributed by atoms with Crippen LogP contribution in [0.5, 0.6) is 0 Å². The summed E-state index contributed by atoms with van der Waals surface area (Å²) in [5.41, 5.74) is -4.33. The van der Waals surface area contributed by atoms with Gasteiger partial charge in [0.25, 0.3) is 5.91 Å². The molecule has 21 heavy (non-hydrogen) atoms. The van der Waals surface area contributed by atoms with Crippen molar-refractivity contribution in [2.75, 3.05) is 5.32 Å². The molecule has 114 valence electrons. The summed E-state index contributed by atoms with van der Waals surface area (Å²) in [6.45, 7) is 0.238. The van der Waals surface area contributed by atoms with Crippen molar-refractivity contribution in [2.24, 2.45) is 0 Å². The number of hydrogen-bond acceptors (Lipinski definition) is 4. The number of thiocyanates is 1. The average molecular weight is 343 g/mol. The minimum absolute atomic E-state index is 0.0391. The maximum absolute atomic E-state index is 13.8. The fourth-order valence-corrected chi connectivity index (χ4v) is 1.82. The normalized spacial score (nSPS) is 14.2. The lowest BCUT2D eigenvalue weighted by Crippen LogP contribution is -2.52. The fraction of sp³-hybridized carbons (Fsp3) is 0.273. The van der Waals surface area contributed by atoms with Crippen molar-refractivity contribution in [3.05, 3.63) is 23.0 Å². The van der Waals surface area contributed by atoms with Crippen LogP contribution in [0.3, 0.4) is 0 Å². The molecular formula is C11H7ClF4N2O2S. The van der Waals surface area contributed by atoms with Crippen molar-refractivity contribution in [3.8, 4) is 5.40 Å². The molecule has 0 spiro atoms. The summed E-state index contributed by atoms with van der Waals surface area (Å²) in [5.74, 6) is -3.06. The van der Waals surface area contributed by atoms with Crippen LogP contribution < -0.4 is 5.32 Å². The summed E-state index contributed by atoms with van der Waals surface area (Å²) in [5, 5.41) is 20.3. The van der Waals surface area contributed by atoms with Crippen LogP contribution in [-0.2, 0) is 4.79 Å². The summed E-state index contributed by atoms with van der Waals surface area (Å²) in [4.78, 5) is 11.4. The van der Waals surface area contributed by atoms with Gasteiger partial charge in [-0.3, -0.25) is 4.79 Å². The SMILES string of the molecule is CC(O)(C(=O)Nc1ccc(SC#N)c(Cl)c1F)C(F)(F)F. The van der Waals surface area contributed by atoms with Gasteiger partial charge < -0.3 is 10.4 Å². The molecule has 1 amide bonds. The van der Waals surface area contributed by atoms with E-state index in [0.29, 0.717) is 11.8 Å². The third kappa shape index (κ3) is 3.58. The first kappa shape index (κ1) is 17.6. The van der Waals surface area contributed by atoms with E-state index < -0.39 is 34.2 Å². The molecule has 0 heterocycles. The molecule has 0 bridgehead atoms. The number of nitrogens with one attached hydrogen (secondary N) is 1. The van der Waals surface area contributed by atoms with E-state index in [1.165, 1.54) is 0 Å². The quantitative estimate of drug-likeness (QED) is 0.502. The molecule has 1 rings (SSSR count). The van der Waals surface area contributed by atoms with Crippen LogP contribution in [0.4, 0.5) is 23.2 Å². The molecular weight excluding hydrogens is 336 g/mol. The highest BCUT2D eigenvalue weighted by Gasteiger charge is 2.55. The summed E-state index contributed by atoms with van der Waals surface area (Å²) < 4.78 is 51.2. The van der Waals surface area contributed by atoms with Gasteiger partial charge in [0, 0.05) is 4.90 Å². The number of anilines is 1. The third-order valence-corrected chi connectivity index (χ3v) is 3.58. The number of carbonyl (C=O) groups excluding carboxylic acids is 1. The van der Waals surface area contributed by atoms with Crippen molar-refractivity contribution >= 4 is 35.0 Å². The van der Waals surface area contributed by atoms with Crippen LogP contribution >= 0.6 is 23.4 Å². The summed E-state index contributed by atoms with van der Waals surface area (Å²) in [7, 11) is 0. The van der Waals surface area contributed by atoms with Crippen molar-refractivity contribution < 1.29 is 27.5 Å². The second-order valence-electron chi connectivity index (χ2n) is 3.96. The average Bonchev–Trinajstić information content (AvgIpc) is 2.37. The van der Waals surface area contributed by atoms with E-state index in [-0.39, 0.29) is 11.8 Å². The highest BCUT2D eigenvalue weighted by molar-refractivity contribution is 8.03. The Morgan fingerprint density at radius 2 is 2.05 bits per heavy atom. The number of halogens is 5. The van der Waals surface area contributed by atoms with Gasteiger partial charge in [0.15, 0.2) is 5.82 Å². The fourth-order valence-electron chi connectivity index (χ4n) is 1.13. The number of thioether (sulfide) groups is 1. The molecule has 1 aromatic rings. The minimum Gasteiger partial charge on any atom is -0.373 e. The van der Waals surface area contributed by atoms with E-state index in [9.17, 15) is 22.4 Å². The van der Waals surface area contributed by atoms with E-state index >= 15 is 0 Å². The number of amides is 1. The van der Waals surface area contributed by atoms with E-state index in [1.807, 2.05) is 0 Å². The molecule has 0 radical (unpaired) electrons. The third-order valence-electron chi connectivity index (χ3n) is 2.44. The van der Waals surface area contributed by atoms with Gasteiger partial charge in [-0.1, -0.05) is 11.6 Å². The number of alkyl halides is 3. The number of aliphatic hydroxyl groups is 1. The predicted octanol–water partition coefficient (Wildman–Crippen LogP) is 3.30. The first-order valence-electron chi connectivity index (χ1n) is 5.17. The van der Waals surface area contributed by atoms with Crippen LogP contribution in [0.15, 0.2) is 17.0 Å². The summed E-state index contributed by atoms with van der Waals surface area (Å²) >= 11 is 6.13. The molecule has 0 aliphatic rings. The second-order valence-corrected chi connectivity index (χ2v) is 5.16. The van der Waals surface area contributed by atoms with Gasteiger partial charge >= 0.3 is 6.18 Å². The van der Waals surface area contributed by atoms with Crippen molar-refractivity contribution in [2.45, 2.75) is 23.6 Å². The highest BCUT2D eigenvalue weighted by atomic mass is 35.5. The Labute approximate surface area is 125 Å². The smallest absolute Gasteiger partial charge is 0.373 e. The number of hydrogen-bond donors (Lipinski definition) is 2. The van der Waals surface area contributed by atoms with Gasteiger partial charge in [-0.25, -0.2) is 4.39 Å². The molecule has 0 aliphatic carbocycles. The maximum atomic E-state index is 13.8. The zero-order chi connectivity index (χ0) is 16.4. The molecule has 2 N–H and O–H groups in total. The number of benzene rings is 1. The van der Waals surface area contributed by atoms with Gasteiger partial charge in [-0.15, -0.1) is 0 Å². The van der Waals surface area contributed by atoms with Crippen LogP contribution in [0.25, 0.3) is 0 Å². The number of rotatable bonds is 3. The van der Waals surface area contributed by atoms with Crippen LogP contribution in [-0.4, -0.2) is 22.8 Å². The zero-order valence-corrected chi connectivity index (χ0v) is 11.8. The minimum atomic E-state index is -5.23. The van der Waals surface area contributed by atoms with E-state index in [2.05, 4.69) is 0 Å². The van der Waals surface area contributed by atoms with E-state index in [0.717, 1.165) is 12.1 Å². The summed E-state index contributed by atoms with van der Waals surface area (Å²) in [6, 6.07) is 2.09. The van der Waals surface area contributed by atoms with E-state index in [4.69, 9.17) is 22.0 Å². The Bertz CT molecular complexity index is 613. The lowest BCUT2D eigenvalue weighted by Gasteiger charge is -2.25. The van der Waals surface area contributed by atoms with Crippen LogP contribution in [0, 0.1) is 16.5 Å². The number of nitrogens with zero attached hydrogens (tertiary/aromatic N) is 1. The molecule has 4 nitrogen and oxygen atoms in total. The largest absolute Gasteiger partial charge is 0.426 e. The molecule has 1 atom stereocenters. The topological polar surface area (TPSA) is 73.1 Å². The lowest BCUT2D eigenvalue weighted by molar-refractivity contribution is -0.242. The number of nitriles is 1. The molecule has 1 unspecified atom stereocenters. The number of carbonyl (C=O) groups is 1. The Balaban J connectivity index is 3.08. The standard InChI is InChI=1S/C11H7ClF4N2O2S/c1-10(20,11(14,15)16)9(19)18-5-2-3-6(21-4-17)7(12)8(5)13/h2-3,20H,1H3,(H,18,19). The van der Waals surface area contributed by atoms with Gasteiger partial charge in [0.1, 0.15) is 5.40 Å². The van der Waals surface area contributed by atoms with Gasteiger partial charge in [0.05, 0.1) is 10.7 Å². The Hall–Kier alpha value is -1.50. The molecule has 0 saturated carbocycles. The lowest BCUT2D eigenvalue weighted by atomic mass is 10.1. The first-order valence-corrected chi connectivity index (χ1v) is 6.36. The molecule has 0 aliphatic heterocycles. The van der Waals surface area contributed by atoms with Crippen molar-refractivity contribution in [1.29, 1.82) is 5.26 Å². The van der Waals surface area contributed by atoms with Crippen molar-refractivity contribution in [1.82, 2.24) is 0 Å². The van der Waals surface area contributed by atoms with E-state index in [1.54, 1.807) is 10.7 Å². The molecule has 0 aromatic heterocycles. The monoisotopic (exact) mass is 342 g/mol. The van der Waals surface area contributed by atoms with Crippen LogP contribution in [0.1, 0.15) is 6.92 Å². The molecule has 0 saturated heterocycles. The molecule has 1 aromatic carbocycles. The molecule has 0 fully saturated rings. The maximum Gasteiger partial charge on any atom is 0.426 e. The van der Waals surface area contributed by atoms with Crippen molar-refractivity contribution in [3.63, 3.8) is 0 Å². The Morgan fingerprint density at radius 1 is 1.48 bits per heavy atom. The Kier molecular flexibility index (Phi) is 5.09. The Morgan fingerprint density at radius 3 is 2.52 bits per heavy atom. The van der Waals surface area contributed by atoms with Gasteiger partial charge in [0.2, 0.25) is 5.60 Å². The predicted molar refractivity (Wildman–Crippen MR) is 68.2 cm³/mol. The van der Waals surface area contributed by atoms with Crippen LogP contribution in [0.2, 0.25) is 5.02 Å². The van der Waals surface area contributed by atoms with Gasteiger partial charge in [-0.2, -0.15) is 18.4 Å². The first-order chi connectivity index (χ1) is 9.52. The zero-order valence-electron chi connectivity index (χ0n) is 10.3.